The number of fused-ring (bicyclic) bond motifs is 1. The highest BCUT2D eigenvalue weighted by molar-refractivity contribution is 5.82. The van der Waals surface area contributed by atoms with Crippen LogP contribution in [0.3, 0.4) is 0 Å². The number of para-hydroxylation sites is 1. The van der Waals surface area contributed by atoms with Crippen molar-refractivity contribution in [1.29, 1.82) is 0 Å². The van der Waals surface area contributed by atoms with E-state index < -0.39 is 0 Å². The van der Waals surface area contributed by atoms with Crippen LogP contribution in [0.4, 0.5) is 0 Å². The zero-order valence-corrected chi connectivity index (χ0v) is 11.8. The van der Waals surface area contributed by atoms with Crippen LogP contribution in [0.1, 0.15) is 37.3 Å². The number of rotatable bonds is 4. The molecule has 1 fully saturated rings. The van der Waals surface area contributed by atoms with E-state index in [0.29, 0.717) is 0 Å². The van der Waals surface area contributed by atoms with Crippen molar-refractivity contribution in [3.05, 3.63) is 42.1 Å². The molecule has 0 aliphatic heterocycles. The third kappa shape index (κ3) is 2.10. The molecule has 3 rings (SSSR count). The Morgan fingerprint density at radius 3 is 2.70 bits per heavy atom. The summed E-state index contributed by atoms with van der Waals surface area (Å²) in [5.41, 5.74) is 4.88. The molecule has 1 aliphatic carbocycles. The van der Waals surface area contributed by atoms with E-state index in [2.05, 4.69) is 34.7 Å². The van der Waals surface area contributed by atoms with E-state index in [-0.39, 0.29) is 11.6 Å². The Morgan fingerprint density at radius 2 is 2.00 bits per heavy atom. The molecule has 0 bridgehead atoms. The summed E-state index contributed by atoms with van der Waals surface area (Å²) in [6, 6.07) is 10.2. The van der Waals surface area contributed by atoms with E-state index >= 15 is 0 Å². The predicted molar refractivity (Wildman–Crippen MR) is 80.0 cm³/mol. The van der Waals surface area contributed by atoms with Gasteiger partial charge in [-0.2, -0.15) is 0 Å². The second kappa shape index (κ2) is 5.48. The number of hydrazine groups is 1. The molecule has 1 aromatic carbocycles. The van der Waals surface area contributed by atoms with Crippen LogP contribution in [0.2, 0.25) is 0 Å². The Labute approximate surface area is 119 Å². The Morgan fingerprint density at radius 1 is 1.25 bits per heavy atom. The van der Waals surface area contributed by atoms with Crippen LogP contribution < -0.4 is 11.3 Å². The summed E-state index contributed by atoms with van der Waals surface area (Å²) in [5.74, 6) is 5.88. The van der Waals surface area contributed by atoms with Gasteiger partial charge in [-0.3, -0.25) is 10.8 Å². The topological polar surface area (TPSA) is 60.2 Å². The lowest BCUT2D eigenvalue weighted by Crippen LogP contribution is -2.46. The molecule has 1 unspecified atom stereocenters. The lowest BCUT2D eigenvalue weighted by Gasteiger charge is -2.36. The van der Waals surface area contributed by atoms with Gasteiger partial charge in [-0.15, -0.1) is 0 Å². The third-order valence-electron chi connectivity index (χ3n) is 4.52. The third-order valence-corrected chi connectivity index (χ3v) is 4.52. The van der Waals surface area contributed by atoms with Gasteiger partial charge in [0, 0.05) is 18.7 Å². The van der Waals surface area contributed by atoms with Crippen molar-refractivity contribution in [2.75, 3.05) is 7.11 Å². The molecule has 2 aromatic rings. The molecule has 0 saturated heterocycles. The Hall–Kier alpha value is -1.49. The minimum Gasteiger partial charge on any atom is -0.376 e. The number of methoxy groups -OCH3 is 1. The normalized spacial score (nSPS) is 19.3. The van der Waals surface area contributed by atoms with Gasteiger partial charge in [-0.05, 0) is 24.5 Å². The second-order valence-electron chi connectivity index (χ2n) is 5.50. The zero-order chi connectivity index (χ0) is 14.0. The van der Waals surface area contributed by atoms with Crippen molar-refractivity contribution in [3.63, 3.8) is 0 Å². The molecular formula is C16H21N3O. The molecule has 1 saturated carbocycles. The summed E-state index contributed by atoms with van der Waals surface area (Å²) >= 11 is 0. The fourth-order valence-electron chi connectivity index (χ4n) is 3.47. The summed E-state index contributed by atoms with van der Waals surface area (Å²) in [6.07, 6.45) is 6.26. The number of nitrogens with two attached hydrogens (primary N) is 1. The fraction of sp³-hybridized carbons (Fsp3) is 0.438. The average molecular weight is 271 g/mol. The Bertz CT molecular complexity index is 588. The number of nitrogens with zero attached hydrogens (tertiary/aromatic N) is 1. The Balaban J connectivity index is 2.12. The molecule has 1 heterocycles. The van der Waals surface area contributed by atoms with Gasteiger partial charge in [0.1, 0.15) is 0 Å². The lowest BCUT2D eigenvalue weighted by atomic mass is 9.86. The molecule has 1 atom stereocenters. The number of benzene rings is 1. The quantitative estimate of drug-likeness (QED) is 0.663. The van der Waals surface area contributed by atoms with Crippen LogP contribution in [0, 0.1) is 0 Å². The smallest absolute Gasteiger partial charge is 0.0886 e. The Kier molecular flexibility index (Phi) is 3.70. The summed E-state index contributed by atoms with van der Waals surface area (Å²) in [5, 5.41) is 1.13. The number of hydrogen-bond acceptors (Lipinski definition) is 4. The number of aromatic nitrogens is 1. The molecule has 4 nitrogen and oxygen atoms in total. The van der Waals surface area contributed by atoms with Crippen LogP contribution >= 0.6 is 0 Å². The molecule has 4 heteroatoms. The highest BCUT2D eigenvalue weighted by atomic mass is 16.5. The van der Waals surface area contributed by atoms with Gasteiger partial charge in [0.25, 0.3) is 0 Å². The summed E-state index contributed by atoms with van der Waals surface area (Å²) in [4.78, 5) is 4.54. The average Bonchev–Trinajstić information content (AvgIpc) is 2.98. The van der Waals surface area contributed by atoms with E-state index in [9.17, 15) is 0 Å². The van der Waals surface area contributed by atoms with Crippen LogP contribution in [-0.4, -0.2) is 17.7 Å². The molecule has 0 radical (unpaired) electrons. The first-order valence-electron chi connectivity index (χ1n) is 7.16. The van der Waals surface area contributed by atoms with Gasteiger partial charge in [-0.25, -0.2) is 5.43 Å². The van der Waals surface area contributed by atoms with Gasteiger partial charge in [0.15, 0.2) is 0 Å². The molecule has 0 spiro atoms. The van der Waals surface area contributed by atoms with Crippen molar-refractivity contribution < 1.29 is 4.74 Å². The number of pyridine rings is 1. The first kappa shape index (κ1) is 13.5. The molecule has 0 amide bonds. The number of ether oxygens (including phenoxy) is 1. The van der Waals surface area contributed by atoms with Gasteiger partial charge in [-0.1, -0.05) is 37.1 Å². The summed E-state index contributed by atoms with van der Waals surface area (Å²) in [7, 11) is 1.79. The molecule has 1 aromatic heterocycles. The second-order valence-corrected chi connectivity index (χ2v) is 5.50. The predicted octanol–water partition coefficient (Wildman–Crippen LogP) is 2.70. The van der Waals surface area contributed by atoms with Crippen LogP contribution in [0.5, 0.6) is 0 Å². The van der Waals surface area contributed by atoms with E-state index in [1.807, 2.05) is 12.3 Å². The molecule has 20 heavy (non-hydrogen) atoms. The first-order chi connectivity index (χ1) is 9.80. The van der Waals surface area contributed by atoms with Crippen LogP contribution in [-0.2, 0) is 4.74 Å². The van der Waals surface area contributed by atoms with Crippen molar-refractivity contribution in [2.24, 2.45) is 5.84 Å². The molecular weight excluding hydrogens is 250 g/mol. The number of nitrogens with one attached hydrogen (secondary N) is 1. The van der Waals surface area contributed by atoms with Crippen LogP contribution in [0.15, 0.2) is 36.5 Å². The van der Waals surface area contributed by atoms with Crippen LogP contribution in [0.25, 0.3) is 10.9 Å². The van der Waals surface area contributed by atoms with Crippen molar-refractivity contribution in [2.45, 2.75) is 37.3 Å². The monoisotopic (exact) mass is 271 g/mol. The maximum Gasteiger partial charge on any atom is 0.0886 e. The van der Waals surface area contributed by atoms with Gasteiger partial charge >= 0.3 is 0 Å². The summed E-state index contributed by atoms with van der Waals surface area (Å²) < 4.78 is 5.88. The molecule has 106 valence electrons. The SMILES string of the molecule is COC1(C(NN)c2cccc3cccnc23)CCCC1. The van der Waals surface area contributed by atoms with Crippen molar-refractivity contribution in [3.8, 4) is 0 Å². The zero-order valence-electron chi connectivity index (χ0n) is 11.8. The largest absolute Gasteiger partial charge is 0.376 e. The van der Waals surface area contributed by atoms with E-state index in [1.54, 1.807) is 7.11 Å². The number of hydrogen-bond donors (Lipinski definition) is 2. The maximum absolute atomic E-state index is 5.88. The fourth-order valence-corrected chi connectivity index (χ4v) is 3.47. The highest BCUT2D eigenvalue weighted by Crippen LogP contribution is 2.43. The highest BCUT2D eigenvalue weighted by Gasteiger charge is 2.42. The summed E-state index contributed by atoms with van der Waals surface area (Å²) in [6.45, 7) is 0. The first-order valence-corrected chi connectivity index (χ1v) is 7.16. The lowest BCUT2D eigenvalue weighted by molar-refractivity contribution is -0.0365. The van der Waals surface area contributed by atoms with Gasteiger partial charge in [0.05, 0.1) is 17.2 Å². The molecule has 1 aliphatic rings. The standard InChI is InChI=1S/C16H21N3O/c1-20-16(9-2-3-10-16)15(19-17)13-8-4-6-12-7-5-11-18-14(12)13/h4-8,11,15,19H,2-3,9-10,17H2,1H3. The maximum atomic E-state index is 5.88. The minimum absolute atomic E-state index is 0.0337. The molecule has 3 N–H and O–H groups in total. The van der Waals surface area contributed by atoms with E-state index in [1.165, 1.54) is 12.8 Å². The van der Waals surface area contributed by atoms with Gasteiger partial charge < -0.3 is 4.74 Å². The van der Waals surface area contributed by atoms with Gasteiger partial charge in [0.2, 0.25) is 0 Å². The van der Waals surface area contributed by atoms with E-state index in [0.717, 1.165) is 29.3 Å². The minimum atomic E-state index is -0.222. The van der Waals surface area contributed by atoms with Crippen molar-refractivity contribution in [1.82, 2.24) is 10.4 Å². The van der Waals surface area contributed by atoms with E-state index in [4.69, 9.17) is 10.6 Å². The van der Waals surface area contributed by atoms with Crippen molar-refractivity contribution >= 4 is 10.9 Å².